The molecule has 1 aliphatic heterocycles. The first-order chi connectivity index (χ1) is 9.63. The fourth-order valence-corrected chi connectivity index (χ4v) is 3.27. The van der Waals surface area contributed by atoms with Gasteiger partial charge in [0.1, 0.15) is 0 Å². The molecule has 1 aromatic carbocycles. The number of fused-ring (bicyclic) bond motifs is 1. The van der Waals surface area contributed by atoms with Crippen molar-refractivity contribution in [2.75, 3.05) is 12.3 Å². The lowest BCUT2D eigenvalue weighted by Crippen LogP contribution is -2.35. The van der Waals surface area contributed by atoms with Gasteiger partial charge < -0.3 is 15.8 Å². The van der Waals surface area contributed by atoms with Gasteiger partial charge in [-0.2, -0.15) is 0 Å². The van der Waals surface area contributed by atoms with Crippen molar-refractivity contribution in [2.45, 2.75) is 44.8 Å². The van der Waals surface area contributed by atoms with Crippen molar-refractivity contribution in [3.8, 4) is 0 Å². The normalized spacial score (nSPS) is 28.9. The van der Waals surface area contributed by atoms with Crippen molar-refractivity contribution < 1.29 is 9.53 Å². The summed E-state index contributed by atoms with van der Waals surface area (Å²) in [6, 6.07) is 6.14. The van der Waals surface area contributed by atoms with Gasteiger partial charge in [0.2, 0.25) is 5.91 Å². The summed E-state index contributed by atoms with van der Waals surface area (Å²) < 4.78 is 5.48. The van der Waals surface area contributed by atoms with E-state index in [0.717, 1.165) is 31.4 Å². The minimum absolute atomic E-state index is 0.00385. The summed E-state index contributed by atoms with van der Waals surface area (Å²) in [5, 5.41) is 3.20. The van der Waals surface area contributed by atoms with Gasteiger partial charge in [0.25, 0.3) is 0 Å². The maximum absolute atomic E-state index is 12.3. The molecule has 1 aliphatic carbocycles. The van der Waals surface area contributed by atoms with Crippen LogP contribution in [0.1, 0.15) is 43.4 Å². The highest BCUT2D eigenvalue weighted by molar-refractivity contribution is 5.79. The number of ether oxygens (including phenoxy) is 1. The molecule has 4 nitrogen and oxygen atoms in total. The lowest BCUT2D eigenvalue weighted by molar-refractivity contribution is -0.125. The average molecular weight is 274 g/mol. The Balaban J connectivity index is 1.71. The number of rotatable bonds is 2. The van der Waals surface area contributed by atoms with Crippen LogP contribution in [0.5, 0.6) is 0 Å². The minimum Gasteiger partial charge on any atom is -0.399 e. The Morgan fingerprint density at radius 1 is 1.45 bits per heavy atom. The van der Waals surface area contributed by atoms with Crippen LogP contribution in [-0.4, -0.2) is 18.6 Å². The van der Waals surface area contributed by atoms with Crippen LogP contribution in [-0.2, 0) is 16.0 Å². The number of hydrogen-bond acceptors (Lipinski definition) is 3. The zero-order valence-corrected chi connectivity index (χ0v) is 11.9. The van der Waals surface area contributed by atoms with Crippen LogP contribution >= 0.6 is 0 Å². The van der Waals surface area contributed by atoms with E-state index in [4.69, 9.17) is 10.5 Å². The van der Waals surface area contributed by atoms with E-state index >= 15 is 0 Å². The molecular formula is C16H22N2O2. The Bertz CT molecular complexity index is 515. The van der Waals surface area contributed by atoms with Crippen LogP contribution < -0.4 is 11.1 Å². The molecule has 3 atom stereocenters. The number of hydrogen-bond donors (Lipinski definition) is 2. The Hall–Kier alpha value is -1.55. The highest BCUT2D eigenvalue weighted by atomic mass is 16.5. The van der Waals surface area contributed by atoms with Crippen molar-refractivity contribution in [3.05, 3.63) is 29.3 Å². The molecule has 1 fully saturated rings. The van der Waals surface area contributed by atoms with E-state index in [2.05, 4.69) is 11.4 Å². The zero-order chi connectivity index (χ0) is 14.1. The topological polar surface area (TPSA) is 64.4 Å². The average Bonchev–Trinajstić information content (AvgIpc) is 2.85. The Morgan fingerprint density at radius 3 is 3.05 bits per heavy atom. The van der Waals surface area contributed by atoms with Crippen molar-refractivity contribution >= 4 is 11.6 Å². The van der Waals surface area contributed by atoms with E-state index < -0.39 is 0 Å². The molecule has 1 aromatic rings. The lowest BCUT2D eigenvalue weighted by Gasteiger charge is -2.27. The van der Waals surface area contributed by atoms with Gasteiger partial charge in [-0.3, -0.25) is 4.79 Å². The first-order valence-corrected chi connectivity index (χ1v) is 7.44. The quantitative estimate of drug-likeness (QED) is 0.812. The maximum Gasteiger partial charge on any atom is 0.226 e. The van der Waals surface area contributed by atoms with Crippen molar-refractivity contribution in [3.63, 3.8) is 0 Å². The molecule has 0 bridgehead atoms. The molecule has 20 heavy (non-hydrogen) atoms. The summed E-state index contributed by atoms with van der Waals surface area (Å²) in [4.78, 5) is 12.3. The van der Waals surface area contributed by atoms with Crippen LogP contribution in [0.2, 0.25) is 0 Å². The second kappa shape index (κ2) is 5.44. The van der Waals surface area contributed by atoms with Crippen molar-refractivity contribution in [2.24, 2.45) is 5.92 Å². The third-order valence-electron chi connectivity index (χ3n) is 4.37. The van der Waals surface area contributed by atoms with E-state index in [-0.39, 0.29) is 24.0 Å². The second-order valence-electron chi connectivity index (χ2n) is 5.99. The monoisotopic (exact) mass is 274 g/mol. The molecule has 1 heterocycles. The Kier molecular flexibility index (Phi) is 3.66. The molecule has 0 aromatic heterocycles. The van der Waals surface area contributed by atoms with Crippen LogP contribution in [0.4, 0.5) is 5.69 Å². The summed E-state index contributed by atoms with van der Waals surface area (Å²) in [5.41, 5.74) is 9.14. The number of anilines is 1. The summed E-state index contributed by atoms with van der Waals surface area (Å²) in [5.74, 6) is 0.133. The molecule has 1 saturated heterocycles. The number of carbonyl (C=O) groups excluding carboxylic acids is 1. The first-order valence-electron chi connectivity index (χ1n) is 7.44. The van der Waals surface area contributed by atoms with Crippen LogP contribution in [0.25, 0.3) is 0 Å². The van der Waals surface area contributed by atoms with Crippen LogP contribution in [0, 0.1) is 5.92 Å². The molecule has 3 unspecified atom stereocenters. The standard InChI is InChI=1S/C16H22N2O2/c1-10-7-12(9-20-10)16(19)18-15-4-2-3-11-8-13(17)5-6-14(11)15/h5-6,8,10,12,15H,2-4,7,9,17H2,1H3,(H,18,19). The SMILES string of the molecule is CC1CC(C(=O)NC2CCCc3cc(N)ccc32)CO1. The lowest BCUT2D eigenvalue weighted by atomic mass is 9.87. The number of nitrogens with one attached hydrogen (secondary N) is 1. The number of aryl methyl sites for hydroxylation is 1. The summed E-state index contributed by atoms with van der Waals surface area (Å²) in [6.07, 6.45) is 4.18. The van der Waals surface area contributed by atoms with Crippen LogP contribution in [0.15, 0.2) is 18.2 Å². The second-order valence-corrected chi connectivity index (χ2v) is 5.99. The molecule has 3 N–H and O–H groups in total. The van der Waals surface area contributed by atoms with Crippen molar-refractivity contribution in [1.82, 2.24) is 5.32 Å². The molecule has 1 amide bonds. The van der Waals surface area contributed by atoms with Gasteiger partial charge in [0, 0.05) is 5.69 Å². The fourth-order valence-electron chi connectivity index (χ4n) is 3.27. The van der Waals surface area contributed by atoms with E-state index in [9.17, 15) is 4.79 Å². The van der Waals surface area contributed by atoms with Gasteiger partial charge in [-0.1, -0.05) is 6.07 Å². The van der Waals surface area contributed by atoms with E-state index in [1.165, 1.54) is 11.1 Å². The number of nitrogen functional groups attached to an aromatic ring is 1. The summed E-state index contributed by atoms with van der Waals surface area (Å²) in [7, 11) is 0. The largest absolute Gasteiger partial charge is 0.399 e. The first kappa shape index (κ1) is 13.4. The number of carbonyl (C=O) groups is 1. The van der Waals surface area contributed by atoms with Gasteiger partial charge >= 0.3 is 0 Å². The molecule has 0 spiro atoms. The smallest absolute Gasteiger partial charge is 0.226 e. The zero-order valence-electron chi connectivity index (χ0n) is 11.9. The Morgan fingerprint density at radius 2 is 2.30 bits per heavy atom. The number of nitrogens with two attached hydrogens (primary N) is 1. The van der Waals surface area contributed by atoms with Gasteiger partial charge in [0.05, 0.1) is 24.7 Å². The third kappa shape index (κ3) is 2.66. The van der Waals surface area contributed by atoms with Gasteiger partial charge in [0.15, 0.2) is 0 Å². The minimum atomic E-state index is 0.00385. The predicted octanol–water partition coefficient (Wildman–Crippen LogP) is 2.19. The number of amides is 1. The molecule has 0 saturated carbocycles. The highest BCUT2D eigenvalue weighted by Crippen LogP contribution is 2.31. The van der Waals surface area contributed by atoms with E-state index in [1.54, 1.807) is 0 Å². The summed E-state index contributed by atoms with van der Waals surface area (Å²) >= 11 is 0. The highest BCUT2D eigenvalue weighted by Gasteiger charge is 2.30. The Labute approximate surface area is 119 Å². The van der Waals surface area contributed by atoms with Gasteiger partial charge in [-0.25, -0.2) is 0 Å². The molecule has 0 radical (unpaired) electrons. The van der Waals surface area contributed by atoms with Crippen molar-refractivity contribution in [1.29, 1.82) is 0 Å². The van der Waals surface area contributed by atoms with Gasteiger partial charge in [-0.15, -0.1) is 0 Å². The third-order valence-corrected chi connectivity index (χ3v) is 4.37. The molecular weight excluding hydrogens is 252 g/mol. The molecule has 3 rings (SSSR count). The van der Waals surface area contributed by atoms with E-state index in [0.29, 0.717) is 6.61 Å². The number of benzene rings is 1. The predicted molar refractivity (Wildman–Crippen MR) is 78.2 cm³/mol. The summed E-state index contributed by atoms with van der Waals surface area (Å²) in [6.45, 7) is 2.57. The fraction of sp³-hybridized carbons (Fsp3) is 0.562. The maximum atomic E-state index is 12.3. The molecule has 2 aliphatic rings. The molecule has 108 valence electrons. The van der Waals surface area contributed by atoms with Gasteiger partial charge in [-0.05, 0) is 55.9 Å². The molecule has 4 heteroatoms. The van der Waals surface area contributed by atoms with E-state index in [1.807, 2.05) is 19.1 Å². The van der Waals surface area contributed by atoms with Crippen LogP contribution in [0.3, 0.4) is 0 Å².